The summed E-state index contributed by atoms with van der Waals surface area (Å²) >= 11 is 0. The quantitative estimate of drug-likeness (QED) is 0.828. The molecule has 0 aromatic heterocycles. The highest BCUT2D eigenvalue weighted by atomic mass is 19.1. The number of carbonyl (C=O) groups is 1. The first kappa shape index (κ1) is 20.1. The summed E-state index contributed by atoms with van der Waals surface area (Å²) < 4.78 is 18.9. The van der Waals surface area contributed by atoms with Crippen molar-refractivity contribution in [2.75, 3.05) is 39.8 Å². The van der Waals surface area contributed by atoms with Crippen molar-refractivity contribution in [2.24, 2.45) is 5.92 Å². The Hall–Kier alpha value is -1.66. The average molecular weight is 378 g/mol. The monoisotopic (exact) mass is 377 g/mol. The predicted octanol–water partition coefficient (Wildman–Crippen LogP) is 2.65. The zero-order valence-electron chi connectivity index (χ0n) is 16.5. The molecule has 1 saturated heterocycles. The first-order valence-corrected chi connectivity index (χ1v) is 10.1. The van der Waals surface area contributed by atoms with E-state index in [0.717, 1.165) is 43.9 Å². The topological polar surface area (TPSA) is 44.8 Å². The summed E-state index contributed by atoms with van der Waals surface area (Å²) in [7, 11) is 1.61. The highest BCUT2D eigenvalue weighted by Gasteiger charge is 2.25. The van der Waals surface area contributed by atoms with Gasteiger partial charge in [0, 0.05) is 44.3 Å². The minimum absolute atomic E-state index is 0.147. The summed E-state index contributed by atoms with van der Waals surface area (Å²) in [5.41, 5.74) is 0.870. The van der Waals surface area contributed by atoms with Crippen molar-refractivity contribution in [3.8, 4) is 5.75 Å². The maximum absolute atomic E-state index is 13.5. The van der Waals surface area contributed by atoms with Crippen LogP contribution in [0.25, 0.3) is 0 Å². The average Bonchev–Trinajstić information content (AvgIpc) is 2.65. The van der Waals surface area contributed by atoms with E-state index in [1.165, 1.54) is 25.3 Å². The Morgan fingerprint density at radius 2 is 1.89 bits per heavy atom. The Morgan fingerprint density at radius 3 is 2.59 bits per heavy atom. The van der Waals surface area contributed by atoms with Gasteiger partial charge in [0.1, 0.15) is 11.6 Å². The molecule has 27 heavy (non-hydrogen) atoms. The molecule has 1 aliphatic carbocycles. The van der Waals surface area contributed by atoms with Crippen LogP contribution in [0.2, 0.25) is 0 Å². The molecule has 1 aromatic rings. The van der Waals surface area contributed by atoms with Crippen LogP contribution in [-0.2, 0) is 11.3 Å². The van der Waals surface area contributed by atoms with Crippen molar-refractivity contribution >= 4 is 5.91 Å². The highest BCUT2D eigenvalue weighted by Crippen LogP contribution is 2.24. The number of amides is 1. The first-order valence-electron chi connectivity index (χ1n) is 10.1. The number of piperazine rings is 1. The molecular formula is C21H32FN3O2. The Labute approximate surface area is 161 Å². The lowest BCUT2D eigenvalue weighted by Crippen LogP contribution is -2.51. The van der Waals surface area contributed by atoms with Gasteiger partial charge in [-0.2, -0.15) is 0 Å². The van der Waals surface area contributed by atoms with Crippen LogP contribution in [-0.4, -0.2) is 61.6 Å². The first-order chi connectivity index (χ1) is 13.0. The Balaban J connectivity index is 1.43. The highest BCUT2D eigenvalue weighted by molar-refractivity contribution is 5.78. The lowest BCUT2D eigenvalue weighted by Gasteiger charge is -2.35. The normalized spacial score (nSPS) is 24.6. The number of rotatable bonds is 6. The van der Waals surface area contributed by atoms with Crippen LogP contribution in [0.15, 0.2) is 18.2 Å². The molecule has 0 spiro atoms. The van der Waals surface area contributed by atoms with Crippen molar-refractivity contribution in [3.63, 3.8) is 0 Å². The molecule has 1 aliphatic heterocycles. The maximum atomic E-state index is 13.5. The molecule has 2 atom stereocenters. The van der Waals surface area contributed by atoms with Gasteiger partial charge < -0.3 is 10.1 Å². The van der Waals surface area contributed by atoms with E-state index in [9.17, 15) is 9.18 Å². The van der Waals surface area contributed by atoms with Crippen molar-refractivity contribution in [2.45, 2.75) is 45.2 Å². The van der Waals surface area contributed by atoms with Gasteiger partial charge in [-0.25, -0.2) is 4.39 Å². The van der Waals surface area contributed by atoms with E-state index in [1.54, 1.807) is 19.2 Å². The van der Waals surface area contributed by atoms with Crippen LogP contribution in [0, 0.1) is 11.7 Å². The van der Waals surface area contributed by atoms with Crippen molar-refractivity contribution in [3.05, 3.63) is 29.6 Å². The van der Waals surface area contributed by atoms with Crippen LogP contribution in [0.4, 0.5) is 4.39 Å². The SMILES string of the molecule is COc1ccc(F)cc1CN1CCN(CC(=O)N[C@@H]2CCCC[C@@H]2C)CC1. The van der Waals surface area contributed by atoms with Crippen LogP contribution in [0.1, 0.15) is 38.2 Å². The van der Waals surface area contributed by atoms with Gasteiger partial charge >= 0.3 is 0 Å². The third kappa shape index (κ3) is 5.66. The van der Waals surface area contributed by atoms with E-state index in [2.05, 4.69) is 22.0 Å². The lowest BCUT2D eigenvalue weighted by atomic mass is 9.86. The van der Waals surface area contributed by atoms with E-state index in [1.807, 2.05) is 0 Å². The van der Waals surface area contributed by atoms with Crippen molar-refractivity contribution < 1.29 is 13.9 Å². The zero-order chi connectivity index (χ0) is 19.2. The van der Waals surface area contributed by atoms with E-state index >= 15 is 0 Å². The van der Waals surface area contributed by atoms with Crippen LogP contribution < -0.4 is 10.1 Å². The number of nitrogens with one attached hydrogen (secondary N) is 1. The summed E-state index contributed by atoms with van der Waals surface area (Å²) in [6, 6.07) is 4.99. The van der Waals surface area contributed by atoms with E-state index in [4.69, 9.17) is 4.74 Å². The minimum atomic E-state index is -0.238. The number of ether oxygens (including phenoxy) is 1. The van der Waals surface area contributed by atoms with Gasteiger partial charge in [-0.3, -0.25) is 14.6 Å². The number of benzene rings is 1. The second kappa shape index (κ2) is 9.51. The van der Waals surface area contributed by atoms with E-state index in [-0.39, 0.29) is 11.7 Å². The number of carbonyl (C=O) groups excluding carboxylic acids is 1. The number of hydrogen-bond acceptors (Lipinski definition) is 4. The number of hydrogen-bond donors (Lipinski definition) is 1. The van der Waals surface area contributed by atoms with Crippen molar-refractivity contribution in [1.29, 1.82) is 0 Å². The molecule has 1 amide bonds. The third-order valence-corrected chi connectivity index (χ3v) is 5.93. The fourth-order valence-corrected chi connectivity index (χ4v) is 4.20. The number of halogens is 1. The van der Waals surface area contributed by atoms with Gasteiger partial charge in [0.15, 0.2) is 0 Å². The molecule has 2 fully saturated rings. The molecule has 1 heterocycles. The summed E-state index contributed by atoms with van der Waals surface area (Å²) in [6.07, 6.45) is 4.83. The standard InChI is InChI=1S/C21H32FN3O2/c1-16-5-3-4-6-19(16)23-21(26)15-25-11-9-24(10-12-25)14-17-13-18(22)7-8-20(17)27-2/h7-8,13,16,19H,3-6,9-12,14-15H2,1-2H3,(H,23,26)/t16-,19+/m0/s1. The van der Waals surface area contributed by atoms with Gasteiger partial charge in [-0.15, -0.1) is 0 Å². The fraction of sp³-hybridized carbons (Fsp3) is 0.667. The second-order valence-electron chi connectivity index (χ2n) is 7.94. The van der Waals surface area contributed by atoms with E-state index < -0.39 is 0 Å². The Morgan fingerprint density at radius 1 is 1.19 bits per heavy atom. The lowest BCUT2D eigenvalue weighted by molar-refractivity contribution is -0.124. The van der Waals surface area contributed by atoms with E-state index in [0.29, 0.717) is 25.0 Å². The number of nitrogens with zero attached hydrogens (tertiary/aromatic N) is 2. The van der Waals surface area contributed by atoms with Crippen LogP contribution in [0.3, 0.4) is 0 Å². The second-order valence-corrected chi connectivity index (χ2v) is 7.94. The van der Waals surface area contributed by atoms with Gasteiger partial charge in [0.05, 0.1) is 13.7 Å². The molecule has 1 N–H and O–H groups in total. The summed E-state index contributed by atoms with van der Waals surface area (Å²) in [4.78, 5) is 16.9. The minimum Gasteiger partial charge on any atom is -0.496 e. The Kier molecular flexibility index (Phi) is 7.07. The maximum Gasteiger partial charge on any atom is 0.234 e. The van der Waals surface area contributed by atoms with Gasteiger partial charge in [0.2, 0.25) is 5.91 Å². The van der Waals surface area contributed by atoms with Gasteiger partial charge in [-0.05, 0) is 37.0 Å². The zero-order valence-corrected chi connectivity index (χ0v) is 16.5. The third-order valence-electron chi connectivity index (χ3n) is 5.93. The molecular weight excluding hydrogens is 345 g/mol. The van der Waals surface area contributed by atoms with Crippen molar-refractivity contribution in [1.82, 2.24) is 15.1 Å². The molecule has 3 rings (SSSR count). The number of methoxy groups -OCH3 is 1. The summed E-state index contributed by atoms with van der Waals surface area (Å²) in [5.74, 6) is 1.22. The molecule has 1 saturated carbocycles. The molecule has 5 nitrogen and oxygen atoms in total. The van der Waals surface area contributed by atoms with Crippen LogP contribution in [0.5, 0.6) is 5.75 Å². The summed E-state index contributed by atoms with van der Waals surface area (Å²) in [5, 5.41) is 3.24. The largest absolute Gasteiger partial charge is 0.496 e. The molecule has 2 aliphatic rings. The molecule has 6 heteroatoms. The summed E-state index contributed by atoms with van der Waals surface area (Å²) in [6.45, 7) is 6.82. The molecule has 150 valence electrons. The molecule has 0 unspecified atom stereocenters. The molecule has 0 radical (unpaired) electrons. The fourth-order valence-electron chi connectivity index (χ4n) is 4.20. The molecule has 1 aromatic carbocycles. The van der Waals surface area contributed by atoms with Crippen LogP contribution >= 0.6 is 0 Å². The Bertz CT molecular complexity index is 632. The van der Waals surface area contributed by atoms with Gasteiger partial charge in [0.25, 0.3) is 0 Å². The molecule has 0 bridgehead atoms. The smallest absolute Gasteiger partial charge is 0.234 e. The van der Waals surface area contributed by atoms with Gasteiger partial charge in [-0.1, -0.05) is 19.8 Å². The predicted molar refractivity (Wildman–Crippen MR) is 104 cm³/mol.